The summed E-state index contributed by atoms with van der Waals surface area (Å²) in [6.07, 6.45) is 0. The number of aryl methyl sites for hydroxylation is 2. The van der Waals surface area contributed by atoms with Crippen molar-refractivity contribution in [2.45, 2.75) is 65.4 Å². The van der Waals surface area contributed by atoms with Gasteiger partial charge in [0.15, 0.2) is 0 Å². The van der Waals surface area contributed by atoms with Crippen molar-refractivity contribution in [2.75, 3.05) is 5.75 Å². The molecule has 2 aromatic carbocycles. The number of hydrogen-bond donors (Lipinski definition) is 1. The molecular weight excluding hydrogens is 392 g/mol. The van der Waals surface area contributed by atoms with Crippen LogP contribution in [0, 0.1) is 13.8 Å². The van der Waals surface area contributed by atoms with Crippen LogP contribution in [0.4, 0.5) is 0 Å². The fourth-order valence-corrected chi connectivity index (χ4v) is 4.06. The van der Waals surface area contributed by atoms with Gasteiger partial charge in [0.25, 0.3) is 0 Å². The third-order valence-electron chi connectivity index (χ3n) is 4.68. The van der Waals surface area contributed by atoms with Gasteiger partial charge in [0.05, 0.1) is 5.75 Å². The molecule has 0 aliphatic carbocycles. The van der Waals surface area contributed by atoms with Crippen LogP contribution in [0.1, 0.15) is 49.9 Å². The SMILES string of the molecule is Cc1cccc(CSCC(=O)N(Cc2cccc(C)c2)C(C)C(=O)NC(C)(C)C)c1. The topological polar surface area (TPSA) is 49.4 Å². The largest absolute Gasteiger partial charge is 0.350 e. The molecule has 2 amide bonds. The highest BCUT2D eigenvalue weighted by Crippen LogP contribution is 2.17. The van der Waals surface area contributed by atoms with Crippen molar-refractivity contribution in [2.24, 2.45) is 0 Å². The van der Waals surface area contributed by atoms with Gasteiger partial charge in [-0.15, -0.1) is 11.8 Å². The van der Waals surface area contributed by atoms with Crippen LogP contribution in [-0.4, -0.2) is 34.0 Å². The summed E-state index contributed by atoms with van der Waals surface area (Å²) in [7, 11) is 0. The van der Waals surface area contributed by atoms with Crippen molar-refractivity contribution in [3.8, 4) is 0 Å². The molecule has 30 heavy (non-hydrogen) atoms. The normalized spacial score (nSPS) is 12.3. The van der Waals surface area contributed by atoms with Crippen LogP contribution in [0.3, 0.4) is 0 Å². The molecule has 5 heteroatoms. The Morgan fingerprint density at radius 1 is 1.00 bits per heavy atom. The summed E-state index contributed by atoms with van der Waals surface area (Å²) >= 11 is 1.58. The minimum absolute atomic E-state index is 0.0225. The van der Waals surface area contributed by atoms with E-state index in [1.165, 1.54) is 11.1 Å². The lowest BCUT2D eigenvalue weighted by Crippen LogP contribution is -2.52. The fourth-order valence-electron chi connectivity index (χ4n) is 3.20. The second kappa shape index (κ2) is 10.7. The van der Waals surface area contributed by atoms with Crippen molar-refractivity contribution >= 4 is 23.6 Å². The molecule has 0 heterocycles. The van der Waals surface area contributed by atoms with Crippen LogP contribution in [0.15, 0.2) is 48.5 Å². The van der Waals surface area contributed by atoms with E-state index in [9.17, 15) is 9.59 Å². The van der Waals surface area contributed by atoms with Crippen molar-refractivity contribution < 1.29 is 9.59 Å². The number of nitrogens with zero attached hydrogens (tertiary/aromatic N) is 1. The number of carbonyl (C=O) groups is 2. The van der Waals surface area contributed by atoms with E-state index in [0.29, 0.717) is 12.3 Å². The summed E-state index contributed by atoms with van der Waals surface area (Å²) in [5.41, 5.74) is 4.25. The zero-order chi connectivity index (χ0) is 22.3. The Balaban J connectivity index is 2.10. The molecule has 162 valence electrons. The summed E-state index contributed by atoms with van der Waals surface area (Å²) < 4.78 is 0. The quantitative estimate of drug-likeness (QED) is 0.655. The highest BCUT2D eigenvalue weighted by Gasteiger charge is 2.28. The molecular formula is C25H34N2O2S. The zero-order valence-corrected chi connectivity index (χ0v) is 19.8. The Labute approximate surface area is 185 Å². The molecule has 0 saturated carbocycles. The predicted octanol–water partition coefficient (Wildman–Crippen LogP) is 4.87. The predicted molar refractivity (Wildman–Crippen MR) is 126 cm³/mol. The van der Waals surface area contributed by atoms with Gasteiger partial charge in [0.1, 0.15) is 6.04 Å². The van der Waals surface area contributed by atoms with Crippen LogP contribution in [0.5, 0.6) is 0 Å². The fraction of sp³-hybridized carbons (Fsp3) is 0.440. The summed E-state index contributed by atoms with van der Waals surface area (Å²) in [5.74, 6) is 0.958. The first-order valence-corrected chi connectivity index (χ1v) is 11.5. The first-order valence-electron chi connectivity index (χ1n) is 10.4. The Morgan fingerprint density at radius 2 is 1.57 bits per heavy atom. The molecule has 1 N–H and O–H groups in total. The van der Waals surface area contributed by atoms with Crippen molar-refractivity contribution in [1.29, 1.82) is 0 Å². The van der Waals surface area contributed by atoms with Gasteiger partial charge in [-0.25, -0.2) is 0 Å². The Hall–Kier alpha value is -2.27. The van der Waals surface area contributed by atoms with Gasteiger partial charge < -0.3 is 10.2 Å². The minimum atomic E-state index is -0.545. The lowest BCUT2D eigenvalue weighted by Gasteiger charge is -2.31. The molecule has 0 saturated heterocycles. The molecule has 0 bridgehead atoms. The maximum Gasteiger partial charge on any atom is 0.242 e. The molecule has 1 unspecified atom stereocenters. The minimum Gasteiger partial charge on any atom is -0.350 e. The maximum absolute atomic E-state index is 13.1. The summed E-state index contributed by atoms with van der Waals surface area (Å²) in [6, 6.07) is 15.9. The number of benzene rings is 2. The molecule has 0 fully saturated rings. The lowest BCUT2D eigenvalue weighted by atomic mass is 10.1. The number of thioether (sulfide) groups is 1. The molecule has 0 aliphatic rings. The van der Waals surface area contributed by atoms with E-state index in [-0.39, 0.29) is 17.4 Å². The summed E-state index contributed by atoms with van der Waals surface area (Å²) in [6.45, 7) is 12.2. The Kier molecular flexibility index (Phi) is 8.54. The van der Waals surface area contributed by atoms with Gasteiger partial charge >= 0.3 is 0 Å². The van der Waals surface area contributed by atoms with Gasteiger partial charge in [-0.2, -0.15) is 0 Å². The number of nitrogens with one attached hydrogen (secondary N) is 1. The third kappa shape index (κ3) is 7.86. The molecule has 0 spiro atoms. The van der Waals surface area contributed by atoms with Gasteiger partial charge in [-0.3, -0.25) is 9.59 Å². The first-order chi connectivity index (χ1) is 14.0. The molecule has 0 aromatic heterocycles. The number of amides is 2. The first kappa shape index (κ1) is 24.0. The summed E-state index contributed by atoms with van der Waals surface area (Å²) in [5, 5.41) is 3.00. The van der Waals surface area contributed by atoms with Crippen LogP contribution >= 0.6 is 11.8 Å². The zero-order valence-electron chi connectivity index (χ0n) is 19.0. The standard InChI is InChI=1S/C25H34N2O2S/c1-18-9-7-11-21(13-18)15-27(20(3)24(29)26-25(4,5)6)23(28)17-30-16-22-12-8-10-19(2)14-22/h7-14,20H,15-17H2,1-6H3,(H,26,29). The Bertz CT molecular complexity index is 873. The molecule has 0 aliphatic heterocycles. The smallest absolute Gasteiger partial charge is 0.242 e. The number of rotatable bonds is 8. The van der Waals surface area contributed by atoms with E-state index >= 15 is 0 Å². The van der Waals surface area contributed by atoms with Gasteiger partial charge in [-0.1, -0.05) is 59.7 Å². The van der Waals surface area contributed by atoms with Crippen LogP contribution in [0.25, 0.3) is 0 Å². The summed E-state index contributed by atoms with van der Waals surface area (Å²) in [4.78, 5) is 27.6. The van der Waals surface area contributed by atoms with Gasteiger partial charge in [0.2, 0.25) is 11.8 Å². The van der Waals surface area contributed by atoms with Crippen LogP contribution in [0.2, 0.25) is 0 Å². The van der Waals surface area contributed by atoms with E-state index < -0.39 is 6.04 Å². The van der Waals surface area contributed by atoms with E-state index in [1.54, 1.807) is 23.6 Å². The maximum atomic E-state index is 13.1. The Morgan fingerprint density at radius 3 is 2.13 bits per heavy atom. The van der Waals surface area contributed by atoms with Crippen LogP contribution < -0.4 is 5.32 Å². The molecule has 4 nitrogen and oxygen atoms in total. The molecule has 2 rings (SSSR count). The highest BCUT2D eigenvalue weighted by molar-refractivity contribution is 7.99. The van der Waals surface area contributed by atoms with E-state index in [2.05, 4.69) is 36.5 Å². The molecule has 0 radical (unpaired) electrons. The second-order valence-corrected chi connectivity index (χ2v) is 9.89. The van der Waals surface area contributed by atoms with Crippen molar-refractivity contribution in [1.82, 2.24) is 10.2 Å². The molecule has 1 atom stereocenters. The van der Waals surface area contributed by atoms with E-state index in [4.69, 9.17) is 0 Å². The lowest BCUT2D eigenvalue weighted by molar-refractivity contribution is -0.139. The van der Waals surface area contributed by atoms with Crippen molar-refractivity contribution in [3.05, 3.63) is 70.8 Å². The second-order valence-electron chi connectivity index (χ2n) is 8.91. The van der Waals surface area contributed by atoms with E-state index in [0.717, 1.165) is 16.9 Å². The van der Waals surface area contributed by atoms with E-state index in [1.807, 2.05) is 52.0 Å². The van der Waals surface area contributed by atoms with Crippen molar-refractivity contribution in [3.63, 3.8) is 0 Å². The average Bonchev–Trinajstić information content (AvgIpc) is 2.64. The van der Waals surface area contributed by atoms with Gasteiger partial charge in [0, 0.05) is 17.8 Å². The number of hydrogen-bond acceptors (Lipinski definition) is 3. The highest BCUT2D eigenvalue weighted by atomic mass is 32.2. The van der Waals surface area contributed by atoms with Crippen LogP contribution in [-0.2, 0) is 21.9 Å². The third-order valence-corrected chi connectivity index (χ3v) is 5.67. The average molecular weight is 427 g/mol. The number of carbonyl (C=O) groups excluding carboxylic acids is 2. The van der Waals surface area contributed by atoms with Gasteiger partial charge in [-0.05, 0) is 52.7 Å². The molecule has 2 aromatic rings. The monoisotopic (exact) mass is 426 g/mol.